The van der Waals surface area contributed by atoms with Gasteiger partial charge in [0.05, 0.1) is 12.7 Å². The maximum absolute atomic E-state index is 12.6. The Morgan fingerprint density at radius 1 is 1.04 bits per heavy atom. The van der Waals surface area contributed by atoms with Crippen molar-refractivity contribution in [1.82, 2.24) is 9.97 Å². The fourth-order valence-electron chi connectivity index (χ4n) is 3.62. The molecule has 0 radical (unpaired) electrons. The second-order valence-corrected chi connectivity index (χ2v) is 6.20. The number of Topliss-reactive ketones (excluding diaryl/α,β-unsaturated/α-hetero) is 1. The Morgan fingerprint density at radius 2 is 1.80 bits per heavy atom. The van der Waals surface area contributed by atoms with Gasteiger partial charge in [0.1, 0.15) is 11.6 Å². The third kappa shape index (κ3) is 2.48. The van der Waals surface area contributed by atoms with Gasteiger partial charge < -0.3 is 10.1 Å². The number of carbonyl (C=O) groups is 1. The molecule has 128 valence electrons. The number of rotatable bonds is 2. The molecule has 0 unspecified atom stereocenters. The summed E-state index contributed by atoms with van der Waals surface area (Å²) < 4.78 is 5.19. The van der Waals surface area contributed by atoms with Crippen molar-refractivity contribution in [1.29, 1.82) is 0 Å². The fourth-order valence-corrected chi connectivity index (χ4v) is 3.62. The lowest BCUT2D eigenvalue weighted by Crippen LogP contribution is -2.36. The summed E-state index contributed by atoms with van der Waals surface area (Å²) in [5.41, 5.74) is 1.50. The van der Waals surface area contributed by atoms with E-state index >= 15 is 0 Å². The molecule has 7 heteroatoms. The topological polar surface area (TPSA) is 104 Å². The Balaban J connectivity index is 1.97. The van der Waals surface area contributed by atoms with Crippen LogP contribution in [-0.2, 0) is 4.79 Å². The fraction of sp³-hybridized carbons (Fsp3) is 0.278. The first-order chi connectivity index (χ1) is 12.1. The Bertz CT molecular complexity index is 998. The number of benzene rings is 1. The van der Waals surface area contributed by atoms with Gasteiger partial charge in [0.25, 0.3) is 5.56 Å². The van der Waals surface area contributed by atoms with Crippen LogP contribution in [0.4, 0.5) is 5.82 Å². The van der Waals surface area contributed by atoms with E-state index in [4.69, 9.17) is 4.74 Å². The molecule has 1 atom stereocenters. The molecule has 3 N–H and O–H groups in total. The summed E-state index contributed by atoms with van der Waals surface area (Å²) in [4.78, 5) is 41.7. The maximum atomic E-state index is 12.6. The summed E-state index contributed by atoms with van der Waals surface area (Å²) in [6.45, 7) is 0. The molecule has 2 aliphatic rings. The SMILES string of the molecule is COc1ccc([C@H]2C3=C(CCCC3=O)Nc3[nH]c(=O)[nH]c(=O)c32)cc1. The van der Waals surface area contributed by atoms with Crippen molar-refractivity contribution >= 4 is 11.6 Å². The van der Waals surface area contributed by atoms with Gasteiger partial charge >= 0.3 is 5.69 Å². The number of hydrogen-bond donors (Lipinski definition) is 3. The third-order valence-corrected chi connectivity index (χ3v) is 4.74. The van der Waals surface area contributed by atoms with Crippen molar-refractivity contribution in [2.75, 3.05) is 12.4 Å². The van der Waals surface area contributed by atoms with Crippen LogP contribution in [0.1, 0.15) is 36.3 Å². The van der Waals surface area contributed by atoms with Crippen LogP contribution in [0.3, 0.4) is 0 Å². The average Bonchev–Trinajstić information content (AvgIpc) is 2.60. The Morgan fingerprint density at radius 3 is 2.52 bits per heavy atom. The highest BCUT2D eigenvalue weighted by Crippen LogP contribution is 2.42. The van der Waals surface area contributed by atoms with Crippen LogP contribution in [0.2, 0.25) is 0 Å². The minimum Gasteiger partial charge on any atom is -0.497 e. The van der Waals surface area contributed by atoms with E-state index in [2.05, 4.69) is 15.3 Å². The molecular formula is C18H17N3O4. The van der Waals surface area contributed by atoms with Crippen LogP contribution >= 0.6 is 0 Å². The lowest BCUT2D eigenvalue weighted by Gasteiger charge is -2.32. The van der Waals surface area contributed by atoms with E-state index in [1.165, 1.54) is 0 Å². The van der Waals surface area contributed by atoms with Gasteiger partial charge in [-0.25, -0.2) is 4.79 Å². The van der Waals surface area contributed by atoms with E-state index in [1.807, 2.05) is 12.1 Å². The molecule has 1 aliphatic heterocycles. The highest BCUT2D eigenvalue weighted by atomic mass is 16.5. The first-order valence-electron chi connectivity index (χ1n) is 8.12. The van der Waals surface area contributed by atoms with E-state index in [0.717, 1.165) is 17.7 Å². The highest BCUT2D eigenvalue weighted by molar-refractivity contribution is 6.00. The molecular weight excluding hydrogens is 322 g/mol. The van der Waals surface area contributed by atoms with Crippen LogP contribution in [0.5, 0.6) is 5.75 Å². The summed E-state index contributed by atoms with van der Waals surface area (Å²) in [5, 5.41) is 3.09. The third-order valence-electron chi connectivity index (χ3n) is 4.74. The van der Waals surface area contributed by atoms with Crippen LogP contribution in [-0.4, -0.2) is 22.9 Å². The molecule has 1 aromatic carbocycles. The van der Waals surface area contributed by atoms with E-state index in [1.54, 1.807) is 19.2 Å². The number of nitrogens with one attached hydrogen (secondary N) is 3. The van der Waals surface area contributed by atoms with Crippen molar-refractivity contribution < 1.29 is 9.53 Å². The molecule has 2 aromatic rings. The molecule has 1 aromatic heterocycles. The first kappa shape index (κ1) is 15.4. The van der Waals surface area contributed by atoms with E-state index in [9.17, 15) is 14.4 Å². The predicted octanol–water partition coefficient (Wildman–Crippen LogP) is 1.64. The lowest BCUT2D eigenvalue weighted by atomic mass is 9.76. The summed E-state index contributed by atoms with van der Waals surface area (Å²) >= 11 is 0. The van der Waals surface area contributed by atoms with Crippen molar-refractivity contribution in [3.8, 4) is 5.75 Å². The van der Waals surface area contributed by atoms with Crippen molar-refractivity contribution in [2.45, 2.75) is 25.2 Å². The van der Waals surface area contributed by atoms with Gasteiger partial charge in [0.2, 0.25) is 0 Å². The molecule has 0 saturated carbocycles. The molecule has 25 heavy (non-hydrogen) atoms. The van der Waals surface area contributed by atoms with Gasteiger partial charge in [0, 0.05) is 23.6 Å². The minimum atomic E-state index is -0.573. The number of H-pyrrole nitrogens is 2. The maximum Gasteiger partial charge on any atom is 0.327 e. The number of ether oxygens (including phenoxy) is 1. The summed E-state index contributed by atoms with van der Waals surface area (Å²) in [6.07, 6.45) is 1.93. The van der Waals surface area contributed by atoms with Crippen LogP contribution in [0.15, 0.2) is 45.1 Å². The van der Waals surface area contributed by atoms with E-state index in [0.29, 0.717) is 35.5 Å². The molecule has 4 rings (SSSR count). The average molecular weight is 339 g/mol. The number of aromatic amines is 2. The normalized spacial score (nSPS) is 19.1. The van der Waals surface area contributed by atoms with Crippen LogP contribution in [0, 0.1) is 0 Å². The minimum absolute atomic E-state index is 0.0332. The first-order valence-corrected chi connectivity index (χ1v) is 8.12. The number of methoxy groups -OCH3 is 1. The van der Waals surface area contributed by atoms with Crippen LogP contribution in [0.25, 0.3) is 0 Å². The molecule has 0 fully saturated rings. The standard InChI is InChI=1S/C18H17N3O4/c1-25-10-7-5-9(6-8-10)13-14-11(3-2-4-12(14)22)19-16-15(13)17(23)21-18(24)20-16/h5-8,13H,2-4H2,1H3,(H3,19,20,21,23,24)/t13-/m0/s1. The molecule has 2 heterocycles. The monoisotopic (exact) mass is 339 g/mol. The number of aromatic nitrogens is 2. The highest BCUT2D eigenvalue weighted by Gasteiger charge is 2.37. The predicted molar refractivity (Wildman–Crippen MR) is 92.0 cm³/mol. The van der Waals surface area contributed by atoms with Crippen molar-refractivity contribution in [2.24, 2.45) is 0 Å². The Kier molecular flexibility index (Phi) is 3.56. The van der Waals surface area contributed by atoms with Gasteiger partial charge in [-0.15, -0.1) is 0 Å². The second-order valence-electron chi connectivity index (χ2n) is 6.20. The molecule has 0 amide bonds. The molecule has 0 spiro atoms. The molecule has 0 bridgehead atoms. The van der Waals surface area contributed by atoms with Gasteiger partial charge in [-0.2, -0.15) is 0 Å². The van der Waals surface area contributed by atoms with E-state index in [-0.39, 0.29) is 5.78 Å². The summed E-state index contributed by atoms with van der Waals surface area (Å²) in [5.74, 6) is 0.580. The smallest absolute Gasteiger partial charge is 0.327 e. The number of ketones is 1. The zero-order valence-corrected chi connectivity index (χ0v) is 13.6. The van der Waals surface area contributed by atoms with E-state index < -0.39 is 17.2 Å². The van der Waals surface area contributed by atoms with Gasteiger partial charge in [0.15, 0.2) is 5.78 Å². The van der Waals surface area contributed by atoms with Crippen molar-refractivity contribution in [3.63, 3.8) is 0 Å². The largest absolute Gasteiger partial charge is 0.497 e. The lowest BCUT2D eigenvalue weighted by molar-refractivity contribution is -0.116. The Labute approximate surface area is 142 Å². The number of anilines is 1. The quantitative estimate of drug-likeness (QED) is 0.771. The number of carbonyl (C=O) groups excluding carboxylic acids is 1. The number of fused-ring (bicyclic) bond motifs is 1. The van der Waals surface area contributed by atoms with Gasteiger partial charge in [-0.05, 0) is 30.5 Å². The van der Waals surface area contributed by atoms with Crippen LogP contribution < -0.4 is 21.3 Å². The summed E-state index contributed by atoms with van der Waals surface area (Å²) in [7, 11) is 1.58. The molecule has 1 aliphatic carbocycles. The van der Waals surface area contributed by atoms with Gasteiger partial charge in [-0.1, -0.05) is 12.1 Å². The zero-order chi connectivity index (χ0) is 17.6. The van der Waals surface area contributed by atoms with Gasteiger partial charge in [-0.3, -0.25) is 19.6 Å². The zero-order valence-electron chi connectivity index (χ0n) is 13.6. The molecule has 0 saturated heterocycles. The number of hydrogen-bond acceptors (Lipinski definition) is 5. The summed E-state index contributed by atoms with van der Waals surface area (Å²) in [6, 6.07) is 7.28. The second kappa shape index (κ2) is 5.77. The van der Waals surface area contributed by atoms with Crippen molar-refractivity contribution in [3.05, 3.63) is 67.5 Å². The molecule has 7 nitrogen and oxygen atoms in total. The Hall–Kier alpha value is -3.09. The number of allylic oxidation sites excluding steroid dienone is 2.